The van der Waals surface area contributed by atoms with Crippen molar-refractivity contribution < 1.29 is 9.90 Å². The minimum absolute atomic E-state index is 0.101. The Kier molecular flexibility index (Phi) is 17.6. The Morgan fingerprint density at radius 1 is 0.960 bits per heavy atom. The molecule has 0 aromatic heterocycles. The first kappa shape index (κ1) is 24.3. The molecule has 0 aliphatic carbocycles. The van der Waals surface area contributed by atoms with Gasteiger partial charge < -0.3 is 10.4 Å². The predicted octanol–water partition coefficient (Wildman–Crippen LogP) is 5.56. The number of nitrogens with one attached hydrogen (secondary N) is 1. The Bertz CT molecular complexity index is 315. The van der Waals surface area contributed by atoms with E-state index in [1.807, 2.05) is 6.08 Å². The number of allylic oxidation sites excluding steroid dienone is 1. The van der Waals surface area contributed by atoms with Crippen molar-refractivity contribution in [3.63, 3.8) is 0 Å². The van der Waals surface area contributed by atoms with Gasteiger partial charge in [-0.3, -0.25) is 4.79 Å². The molecule has 148 valence electrons. The molecule has 25 heavy (non-hydrogen) atoms. The van der Waals surface area contributed by atoms with E-state index in [9.17, 15) is 9.90 Å². The molecule has 0 heterocycles. The number of ketones is 1. The van der Waals surface area contributed by atoms with Gasteiger partial charge in [-0.05, 0) is 32.6 Å². The summed E-state index contributed by atoms with van der Waals surface area (Å²) in [4.78, 5) is 11.7. The molecular formula is C22H43NO2. The summed E-state index contributed by atoms with van der Waals surface area (Å²) >= 11 is 0. The van der Waals surface area contributed by atoms with E-state index in [0.29, 0.717) is 12.6 Å². The number of aliphatic hydroxyl groups is 1. The van der Waals surface area contributed by atoms with Crippen LogP contribution in [-0.4, -0.2) is 29.6 Å². The molecule has 0 aromatic carbocycles. The first-order chi connectivity index (χ1) is 12.1. The number of carbonyl (C=O) groups is 1. The molecule has 0 aromatic rings. The van der Waals surface area contributed by atoms with Crippen LogP contribution in [0, 0.1) is 0 Å². The van der Waals surface area contributed by atoms with Gasteiger partial charge in [0.25, 0.3) is 0 Å². The summed E-state index contributed by atoms with van der Waals surface area (Å²) in [5, 5.41) is 12.7. The smallest absolute Gasteiger partial charge is 0.174 e. The molecule has 0 spiro atoms. The number of aliphatic hydroxyl groups excluding tert-OH is 1. The zero-order valence-corrected chi connectivity index (χ0v) is 16.9. The Balaban J connectivity index is 3.93. The lowest BCUT2D eigenvalue weighted by atomic mass is 10.00. The maximum atomic E-state index is 11.7. The lowest BCUT2D eigenvalue weighted by molar-refractivity contribution is -0.125. The van der Waals surface area contributed by atoms with Crippen LogP contribution in [0.4, 0.5) is 0 Å². The number of unbranched alkanes of at least 4 members (excludes halogenated alkanes) is 10. The van der Waals surface area contributed by atoms with Crippen LogP contribution < -0.4 is 5.32 Å². The molecular weight excluding hydrogens is 310 g/mol. The fourth-order valence-corrected chi connectivity index (χ4v) is 3.12. The van der Waals surface area contributed by atoms with E-state index in [1.165, 1.54) is 70.6 Å². The van der Waals surface area contributed by atoms with E-state index in [1.54, 1.807) is 6.92 Å². The molecule has 0 amide bonds. The van der Waals surface area contributed by atoms with Gasteiger partial charge in [0.1, 0.15) is 6.10 Å². The second kappa shape index (κ2) is 18.1. The van der Waals surface area contributed by atoms with Crippen LogP contribution >= 0.6 is 0 Å². The Morgan fingerprint density at radius 3 is 2.00 bits per heavy atom. The Morgan fingerprint density at radius 2 is 1.48 bits per heavy atom. The van der Waals surface area contributed by atoms with Crippen molar-refractivity contribution in [2.24, 2.45) is 0 Å². The fourth-order valence-electron chi connectivity index (χ4n) is 3.12. The van der Waals surface area contributed by atoms with Crippen LogP contribution in [-0.2, 0) is 4.79 Å². The minimum atomic E-state index is -0.856. The topological polar surface area (TPSA) is 49.3 Å². The summed E-state index contributed by atoms with van der Waals surface area (Å²) in [6.45, 7) is 7.87. The van der Waals surface area contributed by atoms with Crippen molar-refractivity contribution in [3.05, 3.63) is 12.7 Å². The third kappa shape index (κ3) is 16.5. The van der Waals surface area contributed by atoms with Crippen LogP contribution in [0.1, 0.15) is 104 Å². The molecule has 0 saturated carbocycles. The van der Waals surface area contributed by atoms with E-state index < -0.39 is 6.10 Å². The van der Waals surface area contributed by atoms with Crippen molar-refractivity contribution in [2.75, 3.05) is 6.54 Å². The van der Waals surface area contributed by atoms with Gasteiger partial charge in [-0.1, -0.05) is 77.2 Å². The lowest BCUT2D eigenvalue weighted by Gasteiger charge is -2.19. The molecule has 3 heteroatoms. The summed E-state index contributed by atoms with van der Waals surface area (Å²) in [5.74, 6) is -0.101. The summed E-state index contributed by atoms with van der Waals surface area (Å²) in [6, 6.07) is 0.415. The highest BCUT2D eigenvalue weighted by molar-refractivity contribution is 5.84. The van der Waals surface area contributed by atoms with Crippen molar-refractivity contribution in [1.82, 2.24) is 5.32 Å². The third-order valence-corrected chi connectivity index (χ3v) is 4.90. The zero-order valence-electron chi connectivity index (χ0n) is 16.9. The van der Waals surface area contributed by atoms with Crippen LogP contribution in [0.5, 0.6) is 0 Å². The summed E-state index contributed by atoms with van der Waals surface area (Å²) in [5.41, 5.74) is 0. The Hall–Kier alpha value is -0.670. The molecule has 0 saturated heterocycles. The average Bonchev–Trinajstić information content (AvgIpc) is 2.60. The summed E-state index contributed by atoms with van der Waals surface area (Å²) in [7, 11) is 0. The van der Waals surface area contributed by atoms with Crippen molar-refractivity contribution in [1.29, 1.82) is 0 Å². The minimum Gasteiger partial charge on any atom is -0.386 e. The van der Waals surface area contributed by atoms with Crippen molar-refractivity contribution in [2.45, 2.75) is 116 Å². The largest absolute Gasteiger partial charge is 0.386 e. The Labute approximate surface area is 156 Å². The highest BCUT2D eigenvalue weighted by Crippen LogP contribution is 2.14. The van der Waals surface area contributed by atoms with Crippen LogP contribution in [0.25, 0.3) is 0 Å². The van der Waals surface area contributed by atoms with E-state index >= 15 is 0 Å². The number of hydrogen-bond donors (Lipinski definition) is 2. The van der Waals surface area contributed by atoms with Gasteiger partial charge in [-0.15, -0.1) is 6.58 Å². The SMILES string of the molecule is C=CCCCCCCC(CCCCCCCCC)NCC(=O)C(C)O. The van der Waals surface area contributed by atoms with Gasteiger partial charge in [0.2, 0.25) is 0 Å². The highest BCUT2D eigenvalue weighted by atomic mass is 16.3. The molecule has 0 bridgehead atoms. The molecule has 0 fully saturated rings. The second-order valence-electron chi connectivity index (χ2n) is 7.41. The number of Topliss-reactive ketones (excluding diaryl/α,β-unsaturated/α-hetero) is 1. The zero-order chi connectivity index (χ0) is 18.8. The highest BCUT2D eigenvalue weighted by Gasteiger charge is 2.13. The molecule has 2 N–H and O–H groups in total. The maximum absolute atomic E-state index is 11.7. The van der Waals surface area contributed by atoms with Gasteiger partial charge >= 0.3 is 0 Å². The second-order valence-corrected chi connectivity index (χ2v) is 7.41. The van der Waals surface area contributed by atoms with Crippen molar-refractivity contribution in [3.8, 4) is 0 Å². The van der Waals surface area contributed by atoms with E-state index in [0.717, 1.165) is 19.3 Å². The van der Waals surface area contributed by atoms with Gasteiger partial charge in [0.05, 0.1) is 6.54 Å². The van der Waals surface area contributed by atoms with Crippen LogP contribution in [0.15, 0.2) is 12.7 Å². The number of carbonyl (C=O) groups excluding carboxylic acids is 1. The average molecular weight is 354 g/mol. The van der Waals surface area contributed by atoms with Crippen LogP contribution in [0.3, 0.4) is 0 Å². The maximum Gasteiger partial charge on any atom is 0.174 e. The van der Waals surface area contributed by atoms with Gasteiger partial charge in [0, 0.05) is 6.04 Å². The molecule has 0 aliphatic rings. The first-order valence-electron chi connectivity index (χ1n) is 10.7. The van der Waals surface area contributed by atoms with Gasteiger partial charge in [-0.25, -0.2) is 0 Å². The summed E-state index contributed by atoms with van der Waals surface area (Å²) in [6.07, 6.45) is 18.8. The first-order valence-corrected chi connectivity index (χ1v) is 10.7. The molecule has 0 aliphatic heterocycles. The lowest BCUT2D eigenvalue weighted by Crippen LogP contribution is -2.37. The molecule has 3 nitrogen and oxygen atoms in total. The standard InChI is InChI=1S/C22H43NO2/c1-4-6-8-10-12-14-16-18-21(23-19-22(25)20(3)24)17-15-13-11-9-7-5-2/h5,20-21,23-24H,2,4,6-19H2,1,3H3. The van der Waals surface area contributed by atoms with E-state index in [2.05, 4.69) is 18.8 Å². The van der Waals surface area contributed by atoms with E-state index in [-0.39, 0.29) is 5.78 Å². The monoisotopic (exact) mass is 353 g/mol. The summed E-state index contributed by atoms with van der Waals surface area (Å²) < 4.78 is 0. The molecule has 2 atom stereocenters. The fraction of sp³-hybridized carbons (Fsp3) is 0.864. The number of hydrogen-bond acceptors (Lipinski definition) is 3. The van der Waals surface area contributed by atoms with Gasteiger partial charge in [-0.2, -0.15) is 0 Å². The van der Waals surface area contributed by atoms with E-state index in [4.69, 9.17) is 0 Å². The van der Waals surface area contributed by atoms with Crippen molar-refractivity contribution >= 4 is 5.78 Å². The van der Waals surface area contributed by atoms with Crippen LogP contribution in [0.2, 0.25) is 0 Å². The molecule has 2 unspecified atom stereocenters. The quantitative estimate of drug-likeness (QED) is 0.236. The normalized spacial score (nSPS) is 13.6. The van der Waals surface area contributed by atoms with Gasteiger partial charge in [0.15, 0.2) is 5.78 Å². The number of rotatable bonds is 19. The molecule has 0 rings (SSSR count). The molecule has 0 radical (unpaired) electrons. The third-order valence-electron chi connectivity index (χ3n) is 4.90. The predicted molar refractivity (Wildman–Crippen MR) is 109 cm³/mol.